The predicted octanol–water partition coefficient (Wildman–Crippen LogP) is 12.2. The van der Waals surface area contributed by atoms with Crippen LogP contribution in [0.2, 0.25) is 8.87 Å². The first-order valence-corrected chi connectivity index (χ1v) is 23.3. The normalized spacial score (nSPS) is 12.9. The molecule has 0 bridgehead atoms. The number of unbranched alkanes of at least 4 members (excludes halogenated alkanes) is 16. The Balaban J connectivity index is 0. The van der Waals surface area contributed by atoms with E-state index in [4.69, 9.17) is 4.52 Å². The van der Waals surface area contributed by atoms with Crippen molar-refractivity contribution in [3.05, 3.63) is 0 Å². The van der Waals surface area contributed by atoms with Crippen molar-refractivity contribution >= 4 is 50.5 Å². The van der Waals surface area contributed by atoms with Crippen LogP contribution < -0.4 is 0 Å². The molecule has 0 aliphatic heterocycles. The van der Waals surface area contributed by atoms with Crippen LogP contribution in [0.15, 0.2) is 0 Å². The monoisotopic (exact) mass is 644 g/mol. The molecule has 1 atom stereocenters. The van der Waals surface area contributed by atoms with Crippen LogP contribution in [-0.2, 0) is 9.09 Å². The van der Waals surface area contributed by atoms with Gasteiger partial charge in [-0.25, -0.2) is 0 Å². The third kappa shape index (κ3) is 35.8. The van der Waals surface area contributed by atoms with Crippen molar-refractivity contribution in [1.29, 1.82) is 0 Å². The molecule has 0 spiro atoms. The van der Waals surface area contributed by atoms with E-state index in [1.807, 2.05) is 0 Å². The van der Waals surface area contributed by atoms with Gasteiger partial charge in [0.05, 0.1) is 6.61 Å². The molecule has 6 heteroatoms. The molecule has 1 unspecified atom stereocenters. The van der Waals surface area contributed by atoms with E-state index in [2.05, 4.69) is 39.9 Å². The van der Waals surface area contributed by atoms with Gasteiger partial charge in [-0.05, 0) is 12.8 Å². The Labute approximate surface area is 235 Å². The van der Waals surface area contributed by atoms with Crippen LogP contribution in [0.4, 0.5) is 0 Å². The molecule has 0 fully saturated rings. The number of rotatable bonds is 26. The Morgan fingerprint density at radius 1 is 0.588 bits per heavy atom. The molecule has 0 saturated carbocycles. The summed E-state index contributed by atoms with van der Waals surface area (Å²) in [5.74, 6) is -1.81. The van der Waals surface area contributed by atoms with Crippen LogP contribution >= 0.6 is 29.4 Å². The van der Waals surface area contributed by atoms with Crippen molar-refractivity contribution in [3.8, 4) is 0 Å². The summed E-state index contributed by atoms with van der Waals surface area (Å²) in [4.78, 5) is 0. The number of thiol groups is 1. The summed E-state index contributed by atoms with van der Waals surface area (Å²) >= 11 is 5.82. The van der Waals surface area contributed by atoms with Crippen LogP contribution in [-0.4, -0.2) is 33.5 Å². The number of hydrogen-bond acceptors (Lipinski definition) is 3. The van der Waals surface area contributed by atoms with Gasteiger partial charge >= 0.3 is 75.3 Å². The van der Waals surface area contributed by atoms with Gasteiger partial charge in [0, 0.05) is 5.75 Å². The fraction of sp³-hybridized carbons (Fsp3) is 1.00. The molecular weight excluding hydrogens is 582 g/mol. The van der Waals surface area contributed by atoms with E-state index in [0.29, 0.717) is 6.61 Å². The first-order chi connectivity index (χ1) is 16.5. The molecule has 0 aliphatic carbocycles. The SMILES string of the molecule is CCCCCCCCCCOP(=O)(S)SCCCCCCCCCC.CCC[CH2][Sn][CH2]CCC. The molecule has 0 aliphatic rings. The van der Waals surface area contributed by atoms with Crippen LogP contribution in [0.5, 0.6) is 0 Å². The molecule has 0 aromatic heterocycles. The first-order valence-electron chi connectivity index (χ1n) is 14.9. The molecular formula is C28H61O2PS2Sn. The van der Waals surface area contributed by atoms with Gasteiger partial charge < -0.3 is 4.52 Å². The van der Waals surface area contributed by atoms with Crippen LogP contribution in [0.25, 0.3) is 0 Å². The summed E-state index contributed by atoms with van der Waals surface area (Å²) < 4.78 is 21.0. The van der Waals surface area contributed by atoms with Gasteiger partial charge in [-0.2, -0.15) is 0 Å². The quantitative estimate of drug-likeness (QED) is 0.0440. The minimum absolute atomic E-state index is 0.149. The predicted molar refractivity (Wildman–Crippen MR) is 165 cm³/mol. The van der Waals surface area contributed by atoms with Crippen molar-refractivity contribution in [2.75, 3.05) is 12.4 Å². The molecule has 0 rings (SSSR count). The summed E-state index contributed by atoms with van der Waals surface area (Å²) in [5, 5.41) is 0. The van der Waals surface area contributed by atoms with Gasteiger partial charge in [0.25, 0.3) is 0 Å². The van der Waals surface area contributed by atoms with Crippen LogP contribution in [0.3, 0.4) is 0 Å². The van der Waals surface area contributed by atoms with E-state index in [-0.39, 0.29) is 21.1 Å². The summed E-state index contributed by atoms with van der Waals surface area (Å²) in [6.45, 7) is 9.68. The second kappa shape index (κ2) is 32.7. The van der Waals surface area contributed by atoms with E-state index in [9.17, 15) is 4.57 Å². The molecule has 0 amide bonds. The molecule has 34 heavy (non-hydrogen) atoms. The van der Waals surface area contributed by atoms with Gasteiger partial charge in [0.1, 0.15) is 0 Å². The van der Waals surface area contributed by atoms with Crippen molar-refractivity contribution in [2.24, 2.45) is 0 Å². The first kappa shape index (κ1) is 37.8. The topological polar surface area (TPSA) is 26.3 Å². The zero-order valence-electron chi connectivity index (χ0n) is 23.6. The average Bonchev–Trinajstić information content (AvgIpc) is 2.82. The zero-order valence-corrected chi connectivity index (χ0v) is 29.0. The molecule has 0 aromatic carbocycles. The third-order valence-electron chi connectivity index (χ3n) is 5.92. The summed E-state index contributed by atoms with van der Waals surface area (Å²) in [6.07, 6.45) is 26.5. The van der Waals surface area contributed by atoms with Gasteiger partial charge in [-0.1, -0.05) is 127 Å². The van der Waals surface area contributed by atoms with E-state index >= 15 is 0 Å². The summed E-state index contributed by atoms with van der Waals surface area (Å²) in [5.41, 5.74) is 0. The molecule has 0 aromatic rings. The van der Waals surface area contributed by atoms with Gasteiger partial charge in [-0.15, -0.1) is 0 Å². The summed E-state index contributed by atoms with van der Waals surface area (Å²) in [7, 11) is 0. The third-order valence-corrected chi connectivity index (χ3v) is 14.5. The standard InChI is InChI=1S/C20H43O2PS2.2C4H9.Sn/c1-3-5-7-9-11-13-15-17-19-22-23(21,24)25-20-18-16-14-12-10-8-6-4-2;2*1-3-4-2;/h3-20H2,1-2H3,(H,21,24);2*1,3-4H2,2H3;. The van der Waals surface area contributed by atoms with Gasteiger partial charge in [-0.3, -0.25) is 4.57 Å². The molecule has 206 valence electrons. The number of hydrogen-bond donors (Lipinski definition) is 1. The van der Waals surface area contributed by atoms with Crippen molar-refractivity contribution in [3.63, 3.8) is 0 Å². The minimum atomic E-state index is -2.72. The molecule has 2 radical (unpaired) electrons. The molecule has 0 saturated heterocycles. The average molecular weight is 644 g/mol. The molecule has 2 nitrogen and oxygen atoms in total. The Kier molecular flexibility index (Phi) is 36.4. The maximum atomic E-state index is 12.2. The fourth-order valence-electron chi connectivity index (χ4n) is 3.60. The van der Waals surface area contributed by atoms with E-state index < -0.39 is 5.77 Å². The van der Waals surface area contributed by atoms with Crippen molar-refractivity contribution in [2.45, 2.75) is 165 Å². The van der Waals surface area contributed by atoms with Crippen molar-refractivity contribution < 1.29 is 9.09 Å². The second-order valence-corrected chi connectivity index (χ2v) is 20.3. The Hall–Kier alpha value is 1.69. The summed E-state index contributed by atoms with van der Waals surface area (Å²) in [6, 6.07) is 0. The van der Waals surface area contributed by atoms with Gasteiger partial charge in [0.2, 0.25) is 0 Å². The second-order valence-electron chi connectivity index (χ2n) is 9.54. The molecule has 0 heterocycles. The Morgan fingerprint density at radius 3 is 1.41 bits per heavy atom. The van der Waals surface area contributed by atoms with Crippen molar-refractivity contribution in [1.82, 2.24) is 0 Å². The van der Waals surface area contributed by atoms with Gasteiger partial charge in [0.15, 0.2) is 0 Å². The Morgan fingerprint density at radius 2 is 0.971 bits per heavy atom. The zero-order chi connectivity index (χ0) is 25.6. The Bertz CT molecular complexity index is 382. The maximum absolute atomic E-state index is 12.2. The molecule has 0 N–H and O–H groups in total. The van der Waals surface area contributed by atoms with E-state index in [0.717, 1.165) is 18.6 Å². The van der Waals surface area contributed by atoms with E-state index in [1.165, 1.54) is 127 Å². The fourth-order valence-corrected chi connectivity index (χ4v) is 11.3. The van der Waals surface area contributed by atoms with Crippen LogP contribution in [0, 0.1) is 0 Å². The van der Waals surface area contributed by atoms with E-state index in [1.54, 1.807) is 8.87 Å². The van der Waals surface area contributed by atoms with Crippen LogP contribution in [0.1, 0.15) is 156 Å².